The molecule has 0 rings (SSSR count). The van der Waals surface area contributed by atoms with E-state index in [9.17, 15) is 3.52 Å². The first-order valence-electron chi connectivity index (χ1n) is 0.454. The van der Waals surface area contributed by atoms with Gasteiger partial charge in [0.05, 0.1) is 0 Å². The van der Waals surface area contributed by atoms with Gasteiger partial charge in [0.2, 0.25) is 0 Å². The molecule has 0 aromatic heterocycles. The molecule has 0 aromatic carbocycles. The van der Waals surface area contributed by atoms with E-state index >= 15 is 0 Å². The van der Waals surface area contributed by atoms with E-state index in [0.29, 0.717) is 0 Å². The largest absolute Gasteiger partial charge is 0 e. The van der Waals surface area contributed by atoms with Gasteiger partial charge in [-0.25, -0.2) is 0 Å². The summed E-state index contributed by atoms with van der Waals surface area (Å²) in [7, 11) is 0. The Labute approximate surface area is 55.2 Å². The fraction of sp³-hybridized carbons (Fsp3) is 0. The third kappa shape index (κ3) is 10.1. The minimum atomic E-state index is -2.00. The molecule has 0 spiro atoms. The van der Waals surface area contributed by atoms with Crippen LogP contribution in [0.15, 0.2) is 0 Å². The Morgan fingerprint density at radius 1 is 1.75 bits per heavy atom. The average molecular weight is 151 g/mol. The van der Waals surface area contributed by atoms with Crippen molar-refractivity contribution in [3.8, 4) is 0 Å². The second-order valence-corrected chi connectivity index (χ2v) is 0.267. The van der Waals surface area contributed by atoms with Crippen LogP contribution in [0, 0.1) is 0 Å². The maximum absolute atomic E-state index is 9.82. The SMILES string of the molecule is [O]=[Al][F].[Y]. The molecule has 0 saturated carbocycles. The van der Waals surface area contributed by atoms with E-state index in [1.54, 1.807) is 0 Å². The second-order valence-electron chi connectivity index (χ2n) is 0.0891. The normalized spacial score (nSPS) is 2.25. The van der Waals surface area contributed by atoms with Crippen LogP contribution < -0.4 is 0 Å². The van der Waals surface area contributed by atoms with Crippen molar-refractivity contribution in [3.05, 3.63) is 0 Å². The number of hydrogen-bond acceptors (Lipinski definition) is 1. The smallest absolute Gasteiger partial charge is 0 e. The van der Waals surface area contributed by atoms with Crippen LogP contribution in [0.2, 0.25) is 0 Å². The predicted molar refractivity (Wildman–Crippen MR) is 7.55 cm³/mol. The first-order valence-corrected chi connectivity index (χ1v) is 1.36. The first kappa shape index (κ1) is 9.03. The summed E-state index contributed by atoms with van der Waals surface area (Å²) in [5.74, 6) is 0. The number of rotatable bonds is 0. The number of hydrogen-bond donors (Lipinski definition) is 0. The molecular formula is AlFOY. The van der Waals surface area contributed by atoms with Gasteiger partial charge in [-0.1, -0.05) is 0 Å². The van der Waals surface area contributed by atoms with Crippen molar-refractivity contribution in [1.29, 1.82) is 0 Å². The fourth-order valence-corrected chi connectivity index (χ4v) is 0. The van der Waals surface area contributed by atoms with Crippen LogP contribution in [0.3, 0.4) is 0 Å². The third-order valence-electron chi connectivity index (χ3n) is 0. The zero-order chi connectivity index (χ0) is 2.71. The minimum Gasteiger partial charge on any atom is 0 e. The molecule has 0 atom stereocenters. The van der Waals surface area contributed by atoms with Gasteiger partial charge >= 0.3 is 22.9 Å². The molecule has 1 nitrogen and oxygen atoms in total. The summed E-state index contributed by atoms with van der Waals surface area (Å²) in [4.78, 5) is 0. The zero-order valence-electron chi connectivity index (χ0n) is 1.94. The van der Waals surface area contributed by atoms with Crippen molar-refractivity contribution in [2.75, 3.05) is 0 Å². The predicted octanol–water partition coefficient (Wildman–Crippen LogP) is -0.0819. The van der Waals surface area contributed by atoms with E-state index < -0.39 is 15.6 Å². The van der Waals surface area contributed by atoms with Gasteiger partial charge in [-0.05, 0) is 0 Å². The van der Waals surface area contributed by atoms with Crippen LogP contribution in [0.4, 0.5) is 3.52 Å². The summed E-state index contributed by atoms with van der Waals surface area (Å²) in [6.45, 7) is 0. The van der Waals surface area contributed by atoms with Crippen LogP contribution in [0.25, 0.3) is 0 Å². The van der Waals surface area contributed by atoms with Gasteiger partial charge < -0.3 is 0 Å². The quantitative estimate of drug-likeness (QED) is 0.442. The van der Waals surface area contributed by atoms with Gasteiger partial charge in [-0.3, -0.25) is 0 Å². The van der Waals surface area contributed by atoms with Crippen molar-refractivity contribution in [2.45, 2.75) is 0 Å². The van der Waals surface area contributed by atoms with E-state index in [0.717, 1.165) is 0 Å². The van der Waals surface area contributed by atoms with Crippen molar-refractivity contribution < 1.29 is 40.0 Å². The average Bonchev–Trinajstić information content (AvgIpc) is 0.918. The van der Waals surface area contributed by atoms with Gasteiger partial charge in [0.1, 0.15) is 0 Å². The van der Waals surface area contributed by atoms with Gasteiger partial charge in [-0.2, -0.15) is 0 Å². The maximum Gasteiger partial charge on any atom is 0 e. The summed E-state index contributed by atoms with van der Waals surface area (Å²) in [5, 5.41) is 0. The van der Waals surface area contributed by atoms with Crippen molar-refractivity contribution >= 4 is 15.6 Å². The van der Waals surface area contributed by atoms with Gasteiger partial charge in [0, 0.05) is 32.7 Å². The standard InChI is InChI=1S/Al.FH.O.Y/h;1H;;/q+1;;;/p-1. The minimum absolute atomic E-state index is 0. The Morgan fingerprint density at radius 2 is 1.75 bits per heavy atom. The van der Waals surface area contributed by atoms with E-state index in [1.165, 1.54) is 0 Å². The molecule has 0 amide bonds. The Bertz CT molecular complexity index is 15.5. The van der Waals surface area contributed by atoms with Crippen molar-refractivity contribution in [2.24, 2.45) is 0 Å². The summed E-state index contributed by atoms with van der Waals surface area (Å²) in [6, 6.07) is 0. The van der Waals surface area contributed by atoms with Gasteiger partial charge in [0.25, 0.3) is 0 Å². The summed E-state index contributed by atoms with van der Waals surface area (Å²) < 4.78 is 18.2. The van der Waals surface area contributed by atoms with Crippen LogP contribution in [0.1, 0.15) is 0 Å². The Kier molecular flexibility index (Phi) is 19.9. The topological polar surface area (TPSA) is 17.1 Å². The summed E-state index contributed by atoms with van der Waals surface area (Å²) >= 11 is -2.00. The molecule has 19 valence electrons. The van der Waals surface area contributed by atoms with Gasteiger partial charge in [-0.15, -0.1) is 0 Å². The molecule has 0 saturated heterocycles. The molecule has 0 bridgehead atoms. The van der Waals surface area contributed by atoms with Crippen molar-refractivity contribution in [3.63, 3.8) is 0 Å². The zero-order valence-corrected chi connectivity index (χ0v) is 5.93. The molecule has 0 aliphatic rings. The third-order valence-corrected chi connectivity index (χ3v) is 0. The molecule has 0 aliphatic carbocycles. The van der Waals surface area contributed by atoms with E-state index in [4.69, 9.17) is 3.80 Å². The van der Waals surface area contributed by atoms with E-state index in [-0.39, 0.29) is 32.7 Å². The second kappa shape index (κ2) is 8.84. The van der Waals surface area contributed by atoms with E-state index in [1.807, 2.05) is 0 Å². The molecule has 0 fully saturated rings. The molecule has 0 aliphatic heterocycles. The van der Waals surface area contributed by atoms with Gasteiger partial charge in [0.15, 0.2) is 0 Å². The van der Waals surface area contributed by atoms with Crippen LogP contribution in [0.5, 0.6) is 0 Å². The van der Waals surface area contributed by atoms with Crippen molar-refractivity contribution in [1.82, 2.24) is 0 Å². The molecule has 4 heavy (non-hydrogen) atoms. The maximum atomic E-state index is 9.82. The van der Waals surface area contributed by atoms with Crippen LogP contribution in [-0.4, -0.2) is 15.6 Å². The Hall–Kier alpha value is 1.37. The molecule has 0 unspecified atom stereocenters. The molecule has 1 radical (unpaired) electrons. The van der Waals surface area contributed by atoms with E-state index in [2.05, 4.69) is 0 Å². The fourth-order valence-electron chi connectivity index (χ4n) is 0. The van der Waals surface area contributed by atoms with Crippen LogP contribution in [-0.2, 0) is 36.5 Å². The number of halogens is 1. The Morgan fingerprint density at radius 3 is 1.75 bits per heavy atom. The summed E-state index contributed by atoms with van der Waals surface area (Å²) in [6.07, 6.45) is 0. The Balaban J connectivity index is 0. The molecule has 0 heterocycles. The summed E-state index contributed by atoms with van der Waals surface area (Å²) in [5.41, 5.74) is 0. The molecule has 0 N–H and O–H groups in total. The molecule has 0 aromatic rings. The first-order chi connectivity index (χ1) is 1.41. The van der Waals surface area contributed by atoms with Crippen LogP contribution >= 0.6 is 0 Å². The molecule has 4 heteroatoms. The monoisotopic (exact) mass is 151 g/mol. The molecular weight excluding hydrogens is 151 g/mol.